The topological polar surface area (TPSA) is 36.0 Å². The summed E-state index contributed by atoms with van der Waals surface area (Å²) in [4.78, 5) is 3.17. The molecular weight excluding hydrogens is 162 g/mol. The van der Waals surface area contributed by atoms with Gasteiger partial charge in [-0.2, -0.15) is 0 Å². The Bertz CT molecular complexity index is 390. The largest absolute Gasteiger partial charge is 0.508 e. The predicted molar refractivity (Wildman–Crippen MR) is 56.0 cm³/mol. The maximum absolute atomic E-state index is 9.13. The molecule has 1 aromatic carbocycles. The Labute approximate surface area is 78.2 Å². The van der Waals surface area contributed by atoms with Crippen LogP contribution >= 0.6 is 0 Å². The van der Waals surface area contributed by atoms with E-state index >= 15 is 0 Å². The molecule has 2 N–H and O–H groups in total. The fraction of sp³-hybridized carbons (Fsp3) is 0.273. The number of rotatable bonds is 0. The number of fused-ring (bicyclic) bond motifs is 1. The third-order valence-corrected chi connectivity index (χ3v) is 1.74. The van der Waals surface area contributed by atoms with Crippen molar-refractivity contribution in [3.63, 3.8) is 0 Å². The molecule has 13 heavy (non-hydrogen) atoms. The first kappa shape index (κ1) is 9.65. The smallest absolute Gasteiger partial charge is 0.116 e. The van der Waals surface area contributed by atoms with E-state index in [1.807, 2.05) is 32.9 Å². The van der Waals surface area contributed by atoms with Crippen LogP contribution < -0.4 is 0 Å². The van der Waals surface area contributed by atoms with Crippen LogP contribution in [0.4, 0.5) is 0 Å². The molecule has 2 rings (SSSR count). The molecule has 0 radical (unpaired) electrons. The molecule has 0 fully saturated rings. The number of aryl methyl sites for hydroxylation is 1. The number of aromatic hydroxyl groups is 1. The van der Waals surface area contributed by atoms with Gasteiger partial charge in [0.25, 0.3) is 0 Å². The minimum Gasteiger partial charge on any atom is -0.508 e. The molecule has 0 bridgehead atoms. The molecule has 0 aliphatic heterocycles. The summed E-state index contributed by atoms with van der Waals surface area (Å²) in [7, 11) is 0. The lowest BCUT2D eigenvalue weighted by Crippen LogP contribution is -1.67. The monoisotopic (exact) mass is 177 g/mol. The summed E-state index contributed by atoms with van der Waals surface area (Å²) < 4.78 is 0. The second-order valence-corrected chi connectivity index (χ2v) is 2.72. The minimum absolute atomic E-state index is 0.316. The number of H-pyrrole nitrogens is 1. The van der Waals surface area contributed by atoms with Gasteiger partial charge in [0.05, 0.1) is 0 Å². The molecule has 0 aliphatic carbocycles. The molecule has 2 nitrogen and oxygen atoms in total. The number of hydrogen-bond acceptors (Lipinski definition) is 1. The van der Waals surface area contributed by atoms with Gasteiger partial charge in [0.15, 0.2) is 0 Å². The van der Waals surface area contributed by atoms with Crippen molar-refractivity contribution in [2.75, 3.05) is 0 Å². The SMILES string of the molecule is CC.Cc1cc2cc(O)ccc2[nH]1. The van der Waals surface area contributed by atoms with Gasteiger partial charge < -0.3 is 10.1 Å². The van der Waals surface area contributed by atoms with Gasteiger partial charge in [0.1, 0.15) is 5.75 Å². The van der Waals surface area contributed by atoms with E-state index in [-0.39, 0.29) is 0 Å². The molecule has 0 spiro atoms. The van der Waals surface area contributed by atoms with Crippen molar-refractivity contribution < 1.29 is 5.11 Å². The number of benzene rings is 1. The van der Waals surface area contributed by atoms with Crippen molar-refractivity contribution in [3.05, 3.63) is 30.0 Å². The van der Waals surface area contributed by atoms with Gasteiger partial charge in [-0.1, -0.05) is 13.8 Å². The fourth-order valence-electron chi connectivity index (χ4n) is 1.27. The summed E-state index contributed by atoms with van der Waals surface area (Å²) in [6, 6.07) is 7.31. The Morgan fingerprint density at radius 1 is 1.15 bits per heavy atom. The number of hydrogen-bond donors (Lipinski definition) is 2. The number of aromatic amines is 1. The molecule has 0 atom stereocenters. The standard InChI is InChI=1S/C9H9NO.C2H6/c1-6-4-7-5-8(11)2-3-9(7)10-6;1-2/h2-5,10-11H,1H3;1-2H3. The van der Waals surface area contributed by atoms with Gasteiger partial charge in [-0.05, 0) is 31.2 Å². The molecule has 0 saturated heterocycles. The van der Waals surface area contributed by atoms with E-state index in [0.717, 1.165) is 16.6 Å². The van der Waals surface area contributed by atoms with Crippen molar-refractivity contribution in [1.29, 1.82) is 0 Å². The van der Waals surface area contributed by atoms with Crippen LogP contribution in [0.15, 0.2) is 24.3 Å². The van der Waals surface area contributed by atoms with Crippen LogP contribution in [0.3, 0.4) is 0 Å². The summed E-state index contributed by atoms with van der Waals surface area (Å²) >= 11 is 0. The molecule has 1 aromatic heterocycles. The van der Waals surface area contributed by atoms with Gasteiger partial charge in [-0.15, -0.1) is 0 Å². The van der Waals surface area contributed by atoms with Gasteiger partial charge in [0, 0.05) is 16.6 Å². The summed E-state index contributed by atoms with van der Waals surface area (Å²) in [6.45, 7) is 6.00. The lowest BCUT2D eigenvalue weighted by Gasteiger charge is -1.89. The second-order valence-electron chi connectivity index (χ2n) is 2.72. The highest BCUT2D eigenvalue weighted by Crippen LogP contribution is 2.19. The first-order chi connectivity index (χ1) is 6.25. The second kappa shape index (κ2) is 3.99. The molecule has 0 unspecified atom stereocenters. The molecule has 0 saturated carbocycles. The maximum atomic E-state index is 9.13. The van der Waals surface area contributed by atoms with Gasteiger partial charge in [0.2, 0.25) is 0 Å². The molecule has 2 aromatic rings. The zero-order valence-electron chi connectivity index (χ0n) is 8.26. The minimum atomic E-state index is 0.316. The van der Waals surface area contributed by atoms with Crippen LogP contribution in [0.2, 0.25) is 0 Å². The van der Waals surface area contributed by atoms with Gasteiger partial charge in [-0.3, -0.25) is 0 Å². The zero-order chi connectivity index (χ0) is 9.84. The van der Waals surface area contributed by atoms with Crippen LogP contribution in [-0.4, -0.2) is 10.1 Å². The Kier molecular flexibility index (Phi) is 2.96. The summed E-state index contributed by atoms with van der Waals surface area (Å²) in [6.07, 6.45) is 0. The van der Waals surface area contributed by atoms with E-state index in [2.05, 4.69) is 4.98 Å². The Morgan fingerprint density at radius 2 is 1.85 bits per heavy atom. The van der Waals surface area contributed by atoms with Crippen molar-refractivity contribution in [3.8, 4) is 5.75 Å². The molecule has 70 valence electrons. The average molecular weight is 177 g/mol. The van der Waals surface area contributed by atoms with E-state index < -0.39 is 0 Å². The lowest BCUT2D eigenvalue weighted by atomic mass is 10.2. The van der Waals surface area contributed by atoms with Gasteiger partial charge >= 0.3 is 0 Å². The van der Waals surface area contributed by atoms with Crippen molar-refractivity contribution in [2.24, 2.45) is 0 Å². The number of phenolic OH excluding ortho intramolecular Hbond substituents is 1. The number of phenols is 1. The zero-order valence-corrected chi connectivity index (χ0v) is 8.26. The lowest BCUT2D eigenvalue weighted by molar-refractivity contribution is 0.476. The molecule has 0 aliphatic rings. The van der Waals surface area contributed by atoms with E-state index in [0.29, 0.717) is 5.75 Å². The molecule has 0 amide bonds. The predicted octanol–water partition coefficient (Wildman–Crippen LogP) is 3.21. The van der Waals surface area contributed by atoms with E-state index in [1.54, 1.807) is 12.1 Å². The van der Waals surface area contributed by atoms with Crippen molar-refractivity contribution in [1.82, 2.24) is 4.98 Å². The Balaban J connectivity index is 0.000000396. The number of aromatic nitrogens is 1. The van der Waals surface area contributed by atoms with Gasteiger partial charge in [-0.25, -0.2) is 0 Å². The fourth-order valence-corrected chi connectivity index (χ4v) is 1.27. The van der Waals surface area contributed by atoms with E-state index in [9.17, 15) is 0 Å². The Morgan fingerprint density at radius 3 is 2.54 bits per heavy atom. The average Bonchev–Trinajstić information content (AvgIpc) is 2.48. The highest BCUT2D eigenvalue weighted by Gasteiger charge is 1.96. The summed E-state index contributed by atoms with van der Waals surface area (Å²) in [5.74, 6) is 0.316. The highest BCUT2D eigenvalue weighted by molar-refractivity contribution is 5.81. The third kappa shape index (κ3) is 2.02. The van der Waals surface area contributed by atoms with Crippen molar-refractivity contribution >= 4 is 10.9 Å². The van der Waals surface area contributed by atoms with E-state index in [4.69, 9.17) is 5.11 Å². The molecule has 2 heteroatoms. The molecule has 1 heterocycles. The van der Waals surface area contributed by atoms with Crippen LogP contribution in [0.5, 0.6) is 5.75 Å². The third-order valence-electron chi connectivity index (χ3n) is 1.74. The highest BCUT2D eigenvalue weighted by atomic mass is 16.3. The van der Waals surface area contributed by atoms with Crippen LogP contribution in [-0.2, 0) is 0 Å². The quantitative estimate of drug-likeness (QED) is 0.637. The van der Waals surface area contributed by atoms with Crippen LogP contribution in [0.1, 0.15) is 19.5 Å². The first-order valence-corrected chi connectivity index (χ1v) is 4.54. The van der Waals surface area contributed by atoms with Crippen LogP contribution in [0, 0.1) is 6.92 Å². The normalized spacial score (nSPS) is 9.46. The maximum Gasteiger partial charge on any atom is 0.116 e. The summed E-state index contributed by atoms with van der Waals surface area (Å²) in [5, 5.41) is 10.2. The van der Waals surface area contributed by atoms with Crippen molar-refractivity contribution in [2.45, 2.75) is 20.8 Å². The summed E-state index contributed by atoms with van der Waals surface area (Å²) in [5.41, 5.74) is 2.19. The van der Waals surface area contributed by atoms with Crippen LogP contribution in [0.25, 0.3) is 10.9 Å². The Hall–Kier alpha value is -1.44. The molecular formula is C11H15NO. The van der Waals surface area contributed by atoms with E-state index in [1.165, 1.54) is 0 Å². The number of nitrogens with one attached hydrogen (secondary N) is 1. The first-order valence-electron chi connectivity index (χ1n) is 4.54.